The Balaban J connectivity index is 1.18. The molecule has 7 nitrogen and oxygen atoms in total. The van der Waals surface area contributed by atoms with Gasteiger partial charge in [0.25, 0.3) is 5.91 Å². The molecule has 0 radical (unpaired) electrons. The molecule has 5 rings (SSSR count). The van der Waals surface area contributed by atoms with Gasteiger partial charge in [0, 0.05) is 45.0 Å². The lowest BCUT2D eigenvalue weighted by Crippen LogP contribution is -2.50. The van der Waals surface area contributed by atoms with Crippen LogP contribution in [-0.4, -0.2) is 62.9 Å². The number of hydrogen-bond acceptors (Lipinski definition) is 5. The van der Waals surface area contributed by atoms with Crippen LogP contribution in [0.25, 0.3) is 0 Å². The van der Waals surface area contributed by atoms with Crippen molar-refractivity contribution in [1.82, 2.24) is 9.21 Å². The van der Waals surface area contributed by atoms with Gasteiger partial charge in [0.05, 0.1) is 9.92 Å². The molecule has 0 unspecified atom stereocenters. The van der Waals surface area contributed by atoms with E-state index < -0.39 is 10.0 Å². The average Bonchev–Trinajstić information content (AvgIpc) is 2.92. The van der Waals surface area contributed by atoms with Gasteiger partial charge in [0.1, 0.15) is 5.75 Å². The summed E-state index contributed by atoms with van der Waals surface area (Å²) in [6.07, 6.45) is 0.673. The number of nitrogens with zero attached hydrogens (tertiary/aromatic N) is 3. The Morgan fingerprint density at radius 2 is 1.56 bits per heavy atom. The molecule has 2 aliphatic rings. The zero-order valence-corrected chi connectivity index (χ0v) is 21.4. The molecular weight excluding hydrogens is 498 g/mol. The number of benzene rings is 3. The fraction of sp³-hybridized carbons (Fsp3) is 0.296. The van der Waals surface area contributed by atoms with Crippen molar-refractivity contribution in [2.45, 2.75) is 17.9 Å². The number of hydrogen-bond donors (Lipinski definition) is 0. The zero-order valence-electron chi connectivity index (χ0n) is 19.8. The Labute approximate surface area is 216 Å². The summed E-state index contributed by atoms with van der Waals surface area (Å²) in [6.45, 7) is 3.33. The molecule has 1 fully saturated rings. The number of sulfonamides is 1. The maximum atomic E-state index is 13.2. The third kappa shape index (κ3) is 5.21. The van der Waals surface area contributed by atoms with Crippen LogP contribution in [0.3, 0.4) is 0 Å². The van der Waals surface area contributed by atoms with Crippen molar-refractivity contribution >= 4 is 33.2 Å². The number of anilines is 1. The molecule has 3 aromatic carbocycles. The Morgan fingerprint density at radius 3 is 2.28 bits per heavy atom. The van der Waals surface area contributed by atoms with Gasteiger partial charge in [-0.25, -0.2) is 8.42 Å². The van der Waals surface area contributed by atoms with Crippen molar-refractivity contribution in [3.05, 3.63) is 88.9 Å². The van der Waals surface area contributed by atoms with Gasteiger partial charge < -0.3 is 14.5 Å². The molecule has 0 aliphatic carbocycles. The summed E-state index contributed by atoms with van der Waals surface area (Å²) in [6, 6.07) is 22.4. The quantitative estimate of drug-likeness (QED) is 0.489. The first kappa shape index (κ1) is 24.6. The predicted octanol–water partition coefficient (Wildman–Crippen LogP) is 3.81. The molecule has 0 saturated carbocycles. The van der Waals surface area contributed by atoms with Crippen LogP contribution in [-0.2, 0) is 27.8 Å². The van der Waals surface area contributed by atoms with Crippen molar-refractivity contribution < 1.29 is 17.9 Å². The molecule has 36 heavy (non-hydrogen) atoms. The van der Waals surface area contributed by atoms with Crippen LogP contribution >= 0.6 is 11.6 Å². The van der Waals surface area contributed by atoms with Crippen molar-refractivity contribution in [3.63, 3.8) is 0 Å². The van der Waals surface area contributed by atoms with Crippen LogP contribution in [0.15, 0.2) is 77.7 Å². The normalized spacial score (nSPS) is 16.5. The van der Waals surface area contributed by atoms with Crippen molar-refractivity contribution in [2.24, 2.45) is 0 Å². The fourth-order valence-electron chi connectivity index (χ4n) is 4.67. The molecule has 1 amide bonds. The number of fused-ring (bicyclic) bond motifs is 1. The van der Waals surface area contributed by atoms with Crippen molar-refractivity contribution in [2.75, 3.05) is 44.2 Å². The van der Waals surface area contributed by atoms with Gasteiger partial charge in [-0.2, -0.15) is 4.31 Å². The molecule has 2 heterocycles. The lowest BCUT2D eigenvalue weighted by Gasteiger charge is -2.36. The minimum Gasteiger partial charge on any atom is -0.482 e. The number of rotatable bonds is 6. The average molecular weight is 526 g/mol. The summed E-state index contributed by atoms with van der Waals surface area (Å²) in [5, 5.41) is 0.162. The summed E-state index contributed by atoms with van der Waals surface area (Å²) in [4.78, 5) is 16.8. The van der Waals surface area contributed by atoms with E-state index in [0.717, 1.165) is 24.3 Å². The molecule has 188 valence electrons. The van der Waals surface area contributed by atoms with E-state index in [-0.39, 0.29) is 28.2 Å². The number of piperazine rings is 1. The predicted molar refractivity (Wildman–Crippen MR) is 140 cm³/mol. The maximum Gasteiger partial charge on any atom is 0.260 e. The molecule has 0 spiro atoms. The van der Waals surface area contributed by atoms with E-state index in [1.165, 1.54) is 28.1 Å². The van der Waals surface area contributed by atoms with Crippen molar-refractivity contribution in [1.29, 1.82) is 0 Å². The van der Waals surface area contributed by atoms with E-state index in [4.69, 9.17) is 16.3 Å². The lowest BCUT2D eigenvalue weighted by atomic mass is 10.0. The second-order valence-electron chi connectivity index (χ2n) is 8.94. The number of carbonyl (C=O) groups excluding carboxylic acids is 1. The molecule has 3 aromatic rings. The molecule has 0 aromatic heterocycles. The summed E-state index contributed by atoms with van der Waals surface area (Å²) < 4.78 is 33.6. The molecule has 2 aliphatic heterocycles. The molecule has 0 bridgehead atoms. The number of carbonyl (C=O) groups is 1. The summed E-state index contributed by atoms with van der Waals surface area (Å²) in [7, 11) is -3.71. The highest BCUT2D eigenvalue weighted by molar-refractivity contribution is 7.89. The number of ether oxygens (including phenoxy) is 1. The second-order valence-corrected chi connectivity index (χ2v) is 11.3. The van der Waals surface area contributed by atoms with Crippen LogP contribution in [0.4, 0.5) is 5.69 Å². The second kappa shape index (κ2) is 10.5. The van der Waals surface area contributed by atoms with Gasteiger partial charge in [0.15, 0.2) is 6.61 Å². The first-order chi connectivity index (χ1) is 17.4. The number of amides is 1. The highest BCUT2D eigenvalue weighted by atomic mass is 35.5. The van der Waals surface area contributed by atoms with Crippen LogP contribution in [0.2, 0.25) is 5.02 Å². The number of halogens is 1. The topological polar surface area (TPSA) is 70.2 Å². The van der Waals surface area contributed by atoms with Crippen LogP contribution in [0, 0.1) is 0 Å². The Bertz CT molecular complexity index is 1340. The summed E-state index contributed by atoms with van der Waals surface area (Å²) >= 11 is 6.37. The first-order valence-electron chi connectivity index (χ1n) is 12.0. The van der Waals surface area contributed by atoms with Crippen LogP contribution in [0.5, 0.6) is 5.75 Å². The Hall–Kier alpha value is -3.07. The Morgan fingerprint density at radius 1 is 0.861 bits per heavy atom. The maximum absolute atomic E-state index is 13.2. The van der Waals surface area contributed by atoms with E-state index >= 15 is 0 Å². The number of para-hydroxylation sites is 1. The largest absolute Gasteiger partial charge is 0.482 e. The first-order valence-corrected chi connectivity index (χ1v) is 13.8. The highest BCUT2D eigenvalue weighted by Gasteiger charge is 2.29. The van der Waals surface area contributed by atoms with E-state index in [0.29, 0.717) is 32.6 Å². The van der Waals surface area contributed by atoms with Gasteiger partial charge in [-0.15, -0.1) is 0 Å². The molecule has 9 heteroatoms. The van der Waals surface area contributed by atoms with E-state index in [9.17, 15) is 13.2 Å². The van der Waals surface area contributed by atoms with Gasteiger partial charge in [-0.1, -0.05) is 54.1 Å². The van der Waals surface area contributed by atoms with Crippen LogP contribution in [0.1, 0.15) is 11.1 Å². The molecule has 0 N–H and O–H groups in total. The lowest BCUT2D eigenvalue weighted by molar-refractivity contribution is -0.133. The minimum atomic E-state index is -3.71. The third-order valence-corrected chi connectivity index (χ3v) is 8.88. The van der Waals surface area contributed by atoms with Gasteiger partial charge >= 0.3 is 0 Å². The van der Waals surface area contributed by atoms with Crippen LogP contribution < -0.4 is 9.64 Å². The van der Waals surface area contributed by atoms with Gasteiger partial charge in [0.2, 0.25) is 10.0 Å². The van der Waals surface area contributed by atoms with E-state index in [2.05, 4.69) is 17.0 Å². The minimum absolute atomic E-state index is 0.114. The van der Waals surface area contributed by atoms with Crippen molar-refractivity contribution in [3.8, 4) is 5.75 Å². The smallest absolute Gasteiger partial charge is 0.260 e. The van der Waals surface area contributed by atoms with Gasteiger partial charge in [-0.05, 0) is 47.9 Å². The Kier molecular flexibility index (Phi) is 7.18. The standard InChI is InChI=1S/C27H28ClN3O4S/c28-25-18-24(36(33,34)31-13-12-21-6-4-5-7-22(21)19-31)10-11-26(25)35-20-27(32)30-16-14-29(15-17-30)23-8-2-1-3-9-23/h1-11,18H,12-17,19-20H2. The monoisotopic (exact) mass is 525 g/mol. The summed E-state index contributed by atoms with van der Waals surface area (Å²) in [5.41, 5.74) is 3.34. The molecular formula is C27H28ClN3O4S. The fourth-order valence-corrected chi connectivity index (χ4v) is 6.41. The highest BCUT2D eigenvalue weighted by Crippen LogP contribution is 2.31. The third-order valence-electron chi connectivity index (χ3n) is 6.74. The van der Waals surface area contributed by atoms with Gasteiger partial charge in [-0.3, -0.25) is 4.79 Å². The zero-order chi connectivity index (χ0) is 25.1. The summed E-state index contributed by atoms with van der Waals surface area (Å²) in [5.74, 6) is 0.165. The molecule has 0 atom stereocenters. The van der Waals surface area contributed by atoms with E-state index in [1.807, 2.05) is 42.5 Å². The van der Waals surface area contributed by atoms with E-state index in [1.54, 1.807) is 4.90 Å². The molecule has 1 saturated heterocycles. The SMILES string of the molecule is O=C(COc1ccc(S(=O)(=O)N2CCc3ccccc3C2)cc1Cl)N1CCN(c2ccccc2)CC1.